The van der Waals surface area contributed by atoms with E-state index in [1.807, 2.05) is 30.3 Å². The normalized spacial score (nSPS) is 11.2. The number of nitrogens with zero attached hydrogens (tertiary/aromatic N) is 1. The number of rotatable bonds is 5. The van der Waals surface area contributed by atoms with E-state index < -0.39 is 35.1 Å². The molecule has 1 aromatic heterocycles. The highest BCUT2D eigenvalue weighted by atomic mass is 32.1. The van der Waals surface area contributed by atoms with Crippen LogP contribution in [0.3, 0.4) is 0 Å². The third kappa shape index (κ3) is 5.38. The molecule has 0 atom stereocenters. The van der Waals surface area contributed by atoms with Crippen LogP contribution < -0.4 is 10.6 Å². The number of hydrogen-bond acceptors (Lipinski definition) is 4. The van der Waals surface area contributed by atoms with E-state index in [1.165, 1.54) is 24.3 Å². The number of benzene rings is 3. The van der Waals surface area contributed by atoms with E-state index in [-0.39, 0.29) is 16.1 Å². The fourth-order valence-corrected chi connectivity index (χ4v) is 4.27. The molecule has 4 aromatic rings. The lowest BCUT2D eigenvalue weighted by molar-refractivity contribution is -0.136. The molecule has 4 rings (SSSR count). The summed E-state index contributed by atoms with van der Waals surface area (Å²) in [6.07, 6.45) is -4.83. The van der Waals surface area contributed by atoms with Crippen molar-refractivity contribution < 1.29 is 27.2 Å². The molecule has 0 fully saturated rings. The molecule has 0 aliphatic rings. The molecular weight excluding hydrogens is 482 g/mol. The van der Waals surface area contributed by atoms with Gasteiger partial charge < -0.3 is 10.6 Å². The van der Waals surface area contributed by atoms with Crippen LogP contribution in [-0.2, 0) is 6.18 Å². The maximum atomic E-state index is 13.8. The Bertz CT molecular complexity index is 1400. The number of alkyl halides is 3. The monoisotopic (exact) mass is 499 g/mol. The minimum atomic E-state index is -4.83. The van der Waals surface area contributed by atoms with Crippen LogP contribution in [0, 0.1) is 12.7 Å². The first-order valence-corrected chi connectivity index (χ1v) is 11.1. The summed E-state index contributed by atoms with van der Waals surface area (Å²) in [5.74, 6) is -2.45. The Morgan fingerprint density at radius 2 is 1.57 bits per heavy atom. The smallest absolute Gasteiger partial charge is 0.322 e. The predicted octanol–water partition coefficient (Wildman–Crippen LogP) is 6.78. The quantitative estimate of drug-likeness (QED) is 0.297. The molecule has 2 N–H and O–H groups in total. The Labute approximate surface area is 201 Å². The number of nitrogens with one attached hydrogen (secondary N) is 2. The van der Waals surface area contributed by atoms with E-state index >= 15 is 0 Å². The zero-order valence-corrected chi connectivity index (χ0v) is 18.9. The summed E-state index contributed by atoms with van der Waals surface area (Å²) in [5, 5.41) is 5.12. The number of thiazole rings is 1. The summed E-state index contributed by atoms with van der Waals surface area (Å²) in [5.41, 5.74) is -1.00. The molecule has 35 heavy (non-hydrogen) atoms. The number of carbonyl (C=O) groups excluding carboxylic acids is 2. The van der Waals surface area contributed by atoms with Crippen molar-refractivity contribution in [2.45, 2.75) is 13.1 Å². The molecule has 0 saturated carbocycles. The van der Waals surface area contributed by atoms with Gasteiger partial charge in [0.2, 0.25) is 0 Å². The molecule has 178 valence electrons. The lowest BCUT2D eigenvalue weighted by atomic mass is 10.1. The van der Waals surface area contributed by atoms with Crippen LogP contribution in [0.15, 0.2) is 72.8 Å². The third-order valence-corrected chi connectivity index (χ3v) is 6.18. The number of anilines is 2. The summed E-state index contributed by atoms with van der Waals surface area (Å²) in [6, 6.07) is 17.1. The topological polar surface area (TPSA) is 71.1 Å². The number of aromatic nitrogens is 1. The van der Waals surface area contributed by atoms with Gasteiger partial charge in [0, 0.05) is 11.3 Å². The van der Waals surface area contributed by atoms with Gasteiger partial charge in [-0.3, -0.25) is 9.59 Å². The van der Waals surface area contributed by atoms with Crippen LogP contribution in [0.25, 0.3) is 10.6 Å². The average Bonchev–Trinajstić information content (AvgIpc) is 3.22. The lowest BCUT2D eigenvalue weighted by Crippen LogP contribution is -2.18. The Balaban J connectivity index is 1.59. The summed E-state index contributed by atoms with van der Waals surface area (Å²) in [7, 11) is 0. The molecule has 0 saturated heterocycles. The van der Waals surface area contributed by atoms with Crippen molar-refractivity contribution in [3.05, 3.63) is 100 Å². The summed E-state index contributed by atoms with van der Waals surface area (Å²) < 4.78 is 55.2. The molecule has 10 heteroatoms. The van der Waals surface area contributed by atoms with Gasteiger partial charge in [-0.05, 0) is 37.3 Å². The molecular formula is C25H17F4N3O2S. The van der Waals surface area contributed by atoms with Crippen molar-refractivity contribution in [3.8, 4) is 10.6 Å². The van der Waals surface area contributed by atoms with Crippen LogP contribution in [0.4, 0.5) is 28.9 Å². The van der Waals surface area contributed by atoms with Crippen molar-refractivity contribution in [3.63, 3.8) is 0 Å². The van der Waals surface area contributed by atoms with Gasteiger partial charge in [-0.1, -0.05) is 42.5 Å². The van der Waals surface area contributed by atoms with E-state index in [9.17, 15) is 27.2 Å². The van der Waals surface area contributed by atoms with Crippen LogP contribution in [0.1, 0.15) is 31.3 Å². The van der Waals surface area contributed by atoms with E-state index in [2.05, 4.69) is 15.6 Å². The van der Waals surface area contributed by atoms with Crippen molar-refractivity contribution in [2.24, 2.45) is 0 Å². The number of halogens is 4. The van der Waals surface area contributed by atoms with Crippen LogP contribution >= 0.6 is 11.3 Å². The minimum absolute atomic E-state index is 0.175. The zero-order valence-electron chi connectivity index (χ0n) is 18.1. The van der Waals surface area contributed by atoms with Crippen molar-refractivity contribution in [2.75, 3.05) is 10.6 Å². The summed E-state index contributed by atoms with van der Waals surface area (Å²) in [4.78, 5) is 29.6. The highest BCUT2D eigenvalue weighted by Crippen LogP contribution is 2.37. The highest BCUT2D eigenvalue weighted by Gasteiger charge is 2.35. The van der Waals surface area contributed by atoms with Gasteiger partial charge in [-0.25, -0.2) is 9.37 Å². The maximum absolute atomic E-state index is 13.8. The summed E-state index contributed by atoms with van der Waals surface area (Å²) >= 11 is 1.07. The SMILES string of the molecule is Cc1nc(-c2ccccc2)sc1C(=O)Nc1ccc(NC(=O)c2ccccc2F)cc1C(F)(F)F. The van der Waals surface area contributed by atoms with E-state index in [1.54, 1.807) is 6.92 Å². The van der Waals surface area contributed by atoms with Crippen LogP contribution in [-0.4, -0.2) is 16.8 Å². The molecule has 2 amide bonds. The number of hydrogen-bond donors (Lipinski definition) is 2. The van der Waals surface area contributed by atoms with E-state index in [0.717, 1.165) is 29.0 Å². The first kappa shape index (κ1) is 24.1. The highest BCUT2D eigenvalue weighted by molar-refractivity contribution is 7.17. The van der Waals surface area contributed by atoms with Gasteiger partial charge in [-0.2, -0.15) is 13.2 Å². The molecule has 0 aliphatic carbocycles. The molecule has 0 unspecified atom stereocenters. The molecule has 5 nitrogen and oxygen atoms in total. The second-order valence-corrected chi connectivity index (χ2v) is 8.44. The van der Waals surface area contributed by atoms with Gasteiger partial charge in [0.1, 0.15) is 15.7 Å². The molecule has 0 aliphatic heterocycles. The Kier molecular flexibility index (Phi) is 6.65. The molecule has 0 spiro atoms. The van der Waals surface area contributed by atoms with E-state index in [0.29, 0.717) is 16.8 Å². The molecule has 1 heterocycles. The molecule has 3 aromatic carbocycles. The lowest BCUT2D eigenvalue weighted by Gasteiger charge is -2.16. The van der Waals surface area contributed by atoms with Gasteiger partial charge in [0.25, 0.3) is 11.8 Å². The fourth-order valence-electron chi connectivity index (χ4n) is 3.30. The second kappa shape index (κ2) is 9.67. The zero-order chi connectivity index (χ0) is 25.2. The van der Waals surface area contributed by atoms with E-state index in [4.69, 9.17) is 0 Å². The van der Waals surface area contributed by atoms with Gasteiger partial charge in [0.05, 0.1) is 22.5 Å². The van der Waals surface area contributed by atoms with Gasteiger partial charge >= 0.3 is 6.18 Å². The van der Waals surface area contributed by atoms with Crippen molar-refractivity contribution in [1.82, 2.24) is 4.98 Å². The molecule has 0 radical (unpaired) electrons. The van der Waals surface area contributed by atoms with Gasteiger partial charge in [0.15, 0.2) is 0 Å². The fraction of sp³-hybridized carbons (Fsp3) is 0.0800. The van der Waals surface area contributed by atoms with Crippen LogP contribution in [0.5, 0.6) is 0 Å². The summed E-state index contributed by atoms with van der Waals surface area (Å²) in [6.45, 7) is 1.60. The van der Waals surface area contributed by atoms with Crippen molar-refractivity contribution >= 4 is 34.5 Å². The first-order chi connectivity index (χ1) is 16.6. The Hall–Kier alpha value is -4.05. The first-order valence-electron chi connectivity index (χ1n) is 10.2. The largest absolute Gasteiger partial charge is 0.418 e. The second-order valence-electron chi connectivity index (χ2n) is 7.45. The average molecular weight is 499 g/mol. The molecule has 0 bridgehead atoms. The van der Waals surface area contributed by atoms with Crippen LogP contribution in [0.2, 0.25) is 0 Å². The predicted molar refractivity (Wildman–Crippen MR) is 126 cm³/mol. The minimum Gasteiger partial charge on any atom is -0.322 e. The third-order valence-electron chi connectivity index (χ3n) is 4.97. The Morgan fingerprint density at radius 3 is 2.26 bits per heavy atom. The number of amides is 2. The van der Waals surface area contributed by atoms with Gasteiger partial charge in [-0.15, -0.1) is 11.3 Å². The number of carbonyl (C=O) groups is 2. The standard InChI is InChI=1S/C25H17F4N3O2S/c1-14-21(35-24(30-14)15-7-3-2-4-8-15)23(34)32-20-12-11-16(13-18(20)25(27,28)29)31-22(33)17-9-5-6-10-19(17)26/h2-13H,1H3,(H,31,33)(H,32,34). The maximum Gasteiger partial charge on any atom is 0.418 e. The number of aryl methyl sites for hydroxylation is 1. The van der Waals surface area contributed by atoms with Crippen molar-refractivity contribution in [1.29, 1.82) is 0 Å². The Morgan fingerprint density at radius 1 is 0.886 bits per heavy atom.